The Morgan fingerprint density at radius 2 is 0.651 bits per heavy atom. The summed E-state index contributed by atoms with van der Waals surface area (Å²) in [4.78, 5) is 12.8. The summed E-state index contributed by atoms with van der Waals surface area (Å²) in [6.45, 7) is 0. The molecule has 5 heteroatoms. The minimum atomic E-state index is 0.823. The standard InChI is InChI=1S/C38H28N4O/c1-3-7-31(8-4-1)41(35-21-25-39-26-22-35)33-15-11-29(12-16-33)37-19-20-38(43-37)30-13-17-34(18-14-30)42(32-9-5-2-6-10-32)36-23-27-40-28-24-36/h1-28H. The monoisotopic (exact) mass is 556 g/mol. The maximum atomic E-state index is 6.35. The van der Waals surface area contributed by atoms with E-state index in [1.165, 1.54) is 0 Å². The third-order valence-electron chi connectivity index (χ3n) is 7.30. The van der Waals surface area contributed by atoms with Crippen molar-refractivity contribution in [1.82, 2.24) is 9.97 Å². The van der Waals surface area contributed by atoms with Crippen molar-refractivity contribution < 1.29 is 4.42 Å². The van der Waals surface area contributed by atoms with Crippen LogP contribution in [0.2, 0.25) is 0 Å². The van der Waals surface area contributed by atoms with Crippen molar-refractivity contribution in [1.29, 1.82) is 0 Å². The van der Waals surface area contributed by atoms with Gasteiger partial charge in [0.15, 0.2) is 0 Å². The minimum Gasteiger partial charge on any atom is -0.456 e. The van der Waals surface area contributed by atoms with E-state index in [4.69, 9.17) is 4.42 Å². The zero-order valence-corrected chi connectivity index (χ0v) is 23.4. The fraction of sp³-hybridized carbons (Fsp3) is 0. The summed E-state index contributed by atoms with van der Waals surface area (Å²) in [5.41, 5.74) is 8.41. The van der Waals surface area contributed by atoms with Gasteiger partial charge in [-0.25, -0.2) is 0 Å². The number of nitrogens with zero attached hydrogens (tertiary/aromatic N) is 4. The first-order chi connectivity index (χ1) is 21.3. The molecular formula is C38H28N4O. The first-order valence-electron chi connectivity index (χ1n) is 14.1. The number of benzene rings is 4. The van der Waals surface area contributed by atoms with Gasteiger partial charge in [-0.15, -0.1) is 0 Å². The zero-order valence-electron chi connectivity index (χ0n) is 23.4. The first-order valence-corrected chi connectivity index (χ1v) is 14.1. The molecule has 206 valence electrons. The lowest BCUT2D eigenvalue weighted by atomic mass is 10.1. The van der Waals surface area contributed by atoms with Crippen molar-refractivity contribution in [2.24, 2.45) is 0 Å². The van der Waals surface area contributed by atoms with Crippen LogP contribution in [0.5, 0.6) is 0 Å². The molecule has 43 heavy (non-hydrogen) atoms. The van der Waals surface area contributed by atoms with Gasteiger partial charge in [-0.2, -0.15) is 0 Å². The number of furan rings is 1. The van der Waals surface area contributed by atoms with Crippen molar-refractivity contribution in [3.63, 3.8) is 0 Å². The van der Waals surface area contributed by atoms with Gasteiger partial charge in [0.2, 0.25) is 0 Å². The average Bonchev–Trinajstić information content (AvgIpc) is 3.58. The number of aromatic nitrogens is 2. The smallest absolute Gasteiger partial charge is 0.134 e. The lowest BCUT2D eigenvalue weighted by molar-refractivity contribution is 0.597. The third kappa shape index (κ3) is 5.52. The molecule has 0 unspecified atom stereocenters. The second kappa shape index (κ2) is 11.9. The lowest BCUT2D eigenvalue weighted by Crippen LogP contribution is -2.09. The van der Waals surface area contributed by atoms with Gasteiger partial charge in [0.05, 0.1) is 0 Å². The largest absolute Gasteiger partial charge is 0.456 e. The van der Waals surface area contributed by atoms with Crippen LogP contribution in [0.3, 0.4) is 0 Å². The summed E-state index contributed by atoms with van der Waals surface area (Å²) in [5, 5.41) is 0. The van der Waals surface area contributed by atoms with E-state index in [0.29, 0.717) is 0 Å². The van der Waals surface area contributed by atoms with Crippen molar-refractivity contribution in [3.8, 4) is 22.6 Å². The van der Waals surface area contributed by atoms with Crippen LogP contribution < -0.4 is 9.80 Å². The van der Waals surface area contributed by atoms with Crippen LogP contribution in [-0.2, 0) is 0 Å². The average molecular weight is 557 g/mol. The maximum Gasteiger partial charge on any atom is 0.134 e. The van der Waals surface area contributed by atoms with E-state index in [1.807, 2.05) is 97.6 Å². The molecule has 0 aliphatic heterocycles. The second-order valence-electron chi connectivity index (χ2n) is 10.0. The Hall–Kier alpha value is -5.94. The van der Waals surface area contributed by atoms with E-state index < -0.39 is 0 Å². The Morgan fingerprint density at radius 3 is 1.02 bits per heavy atom. The summed E-state index contributed by atoms with van der Waals surface area (Å²) in [7, 11) is 0. The zero-order chi connectivity index (χ0) is 28.8. The second-order valence-corrected chi connectivity index (χ2v) is 10.0. The molecule has 7 aromatic rings. The SMILES string of the molecule is c1ccc(N(c2ccncc2)c2ccc(-c3ccc(-c4ccc(N(c5ccccc5)c5ccncc5)cc4)o3)cc2)cc1. The van der Waals surface area contributed by atoms with E-state index in [-0.39, 0.29) is 0 Å². The molecule has 0 atom stereocenters. The Balaban J connectivity index is 1.15. The highest BCUT2D eigenvalue weighted by Crippen LogP contribution is 2.38. The van der Waals surface area contributed by atoms with Gasteiger partial charge in [0, 0.05) is 70.0 Å². The van der Waals surface area contributed by atoms with E-state index in [0.717, 1.165) is 56.8 Å². The first kappa shape index (κ1) is 26.0. The Kier molecular flexibility index (Phi) is 7.19. The summed E-state index contributed by atoms with van der Waals surface area (Å²) in [6, 6.07) is 49.7. The molecule has 5 nitrogen and oxygen atoms in total. The normalized spacial score (nSPS) is 10.8. The fourth-order valence-corrected chi connectivity index (χ4v) is 5.23. The van der Waals surface area contributed by atoms with Crippen molar-refractivity contribution in [2.45, 2.75) is 0 Å². The van der Waals surface area contributed by atoms with Gasteiger partial charge in [-0.3, -0.25) is 9.97 Å². The molecule has 0 radical (unpaired) electrons. The highest BCUT2D eigenvalue weighted by molar-refractivity contribution is 5.79. The number of hydrogen-bond donors (Lipinski definition) is 0. The topological polar surface area (TPSA) is 45.4 Å². The number of para-hydroxylation sites is 2. The Bertz CT molecular complexity index is 1670. The number of pyridine rings is 2. The molecule has 0 amide bonds. The van der Waals surface area contributed by atoms with Crippen LogP contribution in [0.25, 0.3) is 22.6 Å². The van der Waals surface area contributed by atoms with E-state index in [1.54, 1.807) is 0 Å². The third-order valence-corrected chi connectivity index (χ3v) is 7.30. The molecule has 3 heterocycles. The molecule has 0 saturated heterocycles. The number of rotatable bonds is 8. The molecule has 0 spiro atoms. The predicted molar refractivity (Wildman–Crippen MR) is 175 cm³/mol. The van der Waals surface area contributed by atoms with Gasteiger partial charge >= 0.3 is 0 Å². The predicted octanol–water partition coefficient (Wildman–Crippen LogP) is 10.3. The Labute approximate surface area is 251 Å². The van der Waals surface area contributed by atoms with E-state index >= 15 is 0 Å². The molecule has 0 aliphatic rings. The van der Waals surface area contributed by atoms with Gasteiger partial charge in [-0.05, 0) is 109 Å². The summed E-state index contributed by atoms with van der Waals surface area (Å²) in [5.74, 6) is 1.65. The van der Waals surface area contributed by atoms with Gasteiger partial charge in [0.25, 0.3) is 0 Å². The van der Waals surface area contributed by atoms with Gasteiger partial charge in [0.1, 0.15) is 11.5 Å². The Morgan fingerprint density at radius 1 is 0.326 bits per heavy atom. The summed E-state index contributed by atoms with van der Waals surface area (Å²) >= 11 is 0. The molecule has 4 aromatic carbocycles. The number of hydrogen-bond acceptors (Lipinski definition) is 5. The van der Waals surface area contributed by atoms with Crippen molar-refractivity contribution in [2.75, 3.05) is 9.80 Å². The summed E-state index contributed by atoms with van der Waals surface area (Å²) in [6.07, 6.45) is 7.26. The molecule has 0 N–H and O–H groups in total. The van der Waals surface area contributed by atoms with E-state index in [2.05, 4.69) is 92.6 Å². The van der Waals surface area contributed by atoms with Crippen molar-refractivity contribution >= 4 is 34.1 Å². The fourth-order valence-electron chi connectivity index (χ4n) is 5.23. The molecule has 0 bridgehead atoms. The summed E-state index contributed by atoms with van der Waals surface area (Å²) < 4.78 is 6.35. The van der Waals surface area contributed by atoms with E-state index in [9.17, 15) is 0 Å². The lowest BCUT2D eigenvalue weighted by Gasteiger charge is -2.25. The highest BCUT2D eigenvalue weighted by Gasteiger charge is 2.15. The van der Waals surface area contributed by atoms with Gasteiger partial charge in [-0.1, -0.05) is 36.4 Å². The number of anilines is 6. The minimum absolute atomic E-state index is 0.823. The van der Waals surface area contributed by atoms with Crippen LogP contribution in [0, 0.1) is 0 Å². The molecule has 0 saturated carbocycles. The molecule has 0 fully saturated rings. The van der Waals surface area contributed by atoms with Crippen LogP contribution in [0.15, 0.2) is 175 Å². The molecular weight excluding hydrogens is 528 g/mol. The van der Waals surface area contributed by atoms with Crippen LogP contribution in [0.4, 0.5) is 34.1 Å². The molecule has 0 aliphatic carbocycles. The quantitative estimate of drug-likeness (QED) is 0.186. The highest BCUT2D eigenvalue weighted by atomic mass is 16.3. The van der Waals surface area contributed by atoms with Gasteiger partial charge < -0.3 is 14.2 Å². The maximum absolute atomic E-state index is 6.35. The molecule has 7 rings (SSSR count). The van der Waals surface area contributed by atoms with Crippen molar-refractivity contribution in [3.05, 3.63) is 170 Å². The molecule has 3 aromatic heterocycles. The van der Waals surface area contributed by atoms with Crippen LogP contribution in [-0.4, -0.2) is 9.97 Å². The van der Waals surface area contributed by atoms with Crippen LogP contribution in [0.1, 0.15) is 0 Å². The van der Waals surface area contributed by atoms with Crippen LogP contribution >= 0.6 is 0 Å².